The van der Waals surface area contributed by atoms with Gasteiger partial charge in [0.2, 0.25) is 0 Å². The maximum Gasteiger partial charge on any atom is 2.00 e. The summed E-state index contributed by atoms with van der Waals surface area (Å²) in [5.41, 5.74) is 2.78. The topological polar surface area (TPSA) is 106 Å². The van der Waals surface area contributed by atoms with Gasteiger partial charge in [-0.15, -0.1) is 0 Å². The van der Waals surface area contributed by atoms with E-state index in [0.29, 0.717) is 84.0 Å². The molecule has 0 radical (unpaired) electrons. The molecule has 4 aromatic carbocycles. The van der Waals surface area contributed by atoms with Gasteiger partial charge in [-0.2, -0.15) is 0 Å². The van der Waals surface area contributed by atoms with Crippen molar-refractivity contribution in [2.24, 2.45) is 0 Å². The fraction of sp³-hybridized carbons (Fsp3) is 0. The van der Waals surface area contributed by atoms with Crippen LogP contribution in [-0.2, 0) is 19.5 Å². The summed E-state index contributed by atoms with van der Waals surface area (Å²) in [6.45, 7) is 0. The predicted octanol–water partition coefficient (Wildman–Crippen LogP) is 11.4. The van der Waals surface area contributed by atoms with Gasteiger partial charge in [-0.1, -0.05) is 92.8 Å². The van der Waals surface area contributed by atoms with Crippen molar-refractivity contribution in [2.75, 3.05) is 0 Å². The van der Waals surface area contributed by atoms with Crippen molar-refractivity contribution in [1.82, 2.24) is 39.9 Å². The molecule has 0 atom stereocenters. The maximum absolute atomic E-state index is 6.74. The third-order valence-corrected chi connectivity index (χ3v) is 10.6. The number of nitrogens with zero attached hydrogens (tertiary/aromatic N) is 8. The largest absolute Gasteiger partial charge is 2.00 e. The van der Waals surface area contributed by atoms with E-state index in [0.717, 1.165) is 0 Å². The van der Waals surface area contributed by atoms with Crippen molar-refractivity contribution in [1.29, 1.82) is 0 Å². The van der Waals surface area contributed by atoms with E-state index < -0.39 is 0 Å². The average molecular weight is 853 g/mol. The van der Waals surface area contributed by atoms with Crippen LogP contribution < -0.4 is 9.97 Å². The van der Waals surface area contributed by atoms with Crippen molar-refractivity contribution < 1.29 is 19.5 Å². The summed E-state index contributed by atoms with van der Waals surface area (Å²) in [5.74, 6) is 0.819. The van der Waals surface area contributed by atoms with Gasteiger partial charge >= 0.3 is 19.5 Å². The monoisotopic (exact) mass is 848 g/mol. The molecule has 9 rings (SSSR count). The second-order valence-electron chi connectivity index (χ2n) is 10.7. The fourth-order valence-corrected chi connectivity index (χ4v) is 7.37. The van der Waals surface area contributed by atoms with Crippen LogP contribution in [0.3, 0.4) is 0 Å². The van der Waals surface area contributed by atoms with Crippen LogP contribution in [0, 0.1) is 0 Å². The zero-order valence-electron chi connectivity index (χ0n) is 23.9. The Morgan fingerprint density at radius 2 is 0.551 bits per heavy atom. The normalized spacial score (nSPS) is 11.9. The summed E-state index contributed by atoms with van der Waals surface area (Å²) in [6.07, 6.45) is 0. The molecular formula is C32H8Cl8N8Zn. The average Bonchev–Trinajstić information content (AvgIpc) is 3.77. The van der Waals surface area contributed by atoms with Crippen LogP contribution in [0.15, 0.2) is 48.5 Å². The third kappa shape index (κ3) is 5.21. The minimum atomic E-state index is 0. The molecule has 2 aliphatic rings. The summed E-state index contributed by atoms with van der Waals surface area (Å²) in [5, 5.41) is 4.73. The molecule has 7 aromatic rings. The Balaban J connectivity index is 0.00000348. The number of fused-ring (bicyclic) bond motifs is 20. The first-order chi connectivity index (χ1) is 23.0. The number of hydrogen-bond donors (Lipinski definition) is 0. The molecule has 0 fully saturated rings. The van der Waals surface area contributed by atoms with Gasteiger partial charge in [-0.3, -0.25) is 0 Å². The van der Waals surface area contributed by atoms with Crippen LogP contribution in [0.1, 0.15) is 0 Å². The molecule has 0 saturated heterocycles. The van der Waals surface area contributed by atoms with E-state index in [9.17, 15) is 0 Å². The molecule has 0 saturated carbocycles. The second-order valence-corrected chi connectivity index (χ2v) is 13.9. The van der Waals surface area contributed by atoms with Crippen molar-refractivity contribution in [3.05, 3.63) is 88.7 Å². The summed E-state index contributed by atoms with van der Waals surface area (Å²) >= 11 is 52.8. The molecule has 3 aromatic heterocycles. The van der Waals surface area contributed by atoms with Crippen LogP contribution in [0.4, 0.5) is 0 Å². The minimum Gasteiger partial charge on any atom is -0.357 e. The smallest absolute Gasteiger partial charge is 0.357 e. The van der Waals surface area contributed by atoms with Gasteiger partial charge in [-0.25, -0.2) is 9.97 Å². The fourth-order valence-electron chi connectivity index (χ4n) is 5.74. The summed E-state index contributed by atoms with van der Waals surface area (Å²) < 4.78 is 0. The Morgan fingerprint density at radius 3 is 0.776 bits per heavy atom. The summed E-state index contributed by atoms with van der Waals surface area (Å²) in [6, 6.07) is 13.2. The molecule has 0 spiro atoms. The molecule has 0 N–H and O–H groups in total. The van der Waals surface area contributed by atoms with Gasteiger partial charge in [0.1, 0.15) is 0 Å². The van der Waals surface area contributed by atoms with Gasteiger partial charge in [0.15, 0.2) is 0 Å². The molecule has 17 heteroatoms. The standard InChI is InChI=1S/C32H8Cl8N8.Zn/c33-13-1-2-14(34)22-21(13)29-43-25-9-5-17(37)18(38)6-10(9)27(41-25)45-31-23-15(35)3-4-16(36)24(23)32(48-31)46-28-12-8-20(40)19(39)7-11(12)26(42-28)44-30(22)47-29;/h1-8H;/q-2;+2. The number of aromatic nitrogens is 8. The Hall–Kier alpha value is -2.82. The van der Waals surface area contributed by atoms with E-state index in [2.05, 4.69) is 0 Å². The molecule has 0 amide bonds. The SMILES string of the molecule is Clc1cc2c3nc4nc(nc5[n-]c(nc6nc(nc([n-]3)c2cc1Cl)-c1c(Cl)ccc(Cl)c1-6)c1cc(Cl)c(Cl)cc51)-c1c(Cl)ccc(Cl)c1-4.[Zn+2]. The Morgan fingerprint density at radius 1 is 0.327 bits per heavy atom. The Labute approximate surface area is 327 Å². The number of hydrogen-bond acceptors (Lipinski definition) is 6. The molecular weight excluding hydrogens is 845 g/mol. The van der Waals surface area contributed by atoms with Crippen LogP contribution in [0.25, 0.3) is 89.7 Å². The van der Waals surface area contributed by atoms with Crippen LogP contribution in [0.2, 0.25) is 40.2 Å². The van der Waals surface area contributed by atoms with Crippen molar-refractivity contribution in [2.45, 2.75) is 0 Å². The van der Waals surface area contributed by atoms with Crippen molar-refractivity contribution in [3.8, 4) is 45.6 Å². The van der Waals surface area contributed by atoms with Gasteiger partial charge in [-0.05, 0) is 70.1 Å². The third-order valence-electron chi connectivity index (χ3n) is 7.88. The van der Waals surface area contributed by atoms with E-state index in [1.807, 2.05) is 0 Å². The molecule has 0 aliphatic carbocycles. The molecule has 0 unspecified atom stereocenters. The molecule has 5 heterocycles. The molecule has 8 bridgehead atoms. The number of benzene rings is 4. The first-order valence-electron chi connectivity index (χ1n) is 13.7. The molecule has 8 nitrogen and oxygen atoms in total. The summed E-state index contributed by atoms with van der Waals surface area (Å²) in [7, 11) is 0. The van der Waals surface area contributed by atoms with Gasteiger partial charge in [0.25, 0.3) is 0 Å². The van der Waals surface area contributed by atoms with Crippen LogP contribution in [-0.4, -0.2) is 29.9 Å². The number of rotatable bonds is 0. The predicted molar refractivity (Wildman–Crippen MR) is 194 cm³/mol. The maximum atomic E-state index is 6.74. The molecule has 234 valence electrons. The van der Waals surface area contributed by atoms with Gasteiger partial charge in [0.05, 0.1) is 63.5 Å². The zero-order valence-corrected chi connectivity index (χ0v) is 32.9. The van der Waals surface area contributed by atoms with E-state index in [4.69, 9.17) is 133 Å². The molecule has 49 heavy (non-hydrogen) atoms. The van der Waals surface area contributed by atoms with Gasteiger partial charge < -0.3 is 29.9 Å². The number of halogens is 8. The first-order valence-corrected chi connectivity index (χ1v) is 16.7. The van der Waals surface area contributed by atoms with Crippen LogP contribution >= 0.6 is 92.8 Å². The van der Waals surface area contributed by atoms with E-state index >= 15 is 0 Å². The second kappa shape index (κ2) is 12.2. The van der Waals surface area contributed by atoms with Crippen molar-refractivity contribution >= 4 is 137 Å². The minimum absolute atomic E-state index is 0. The molecule has 2 aliphatic heterocycles. The van der Waals surface area contributed by atoms with E-state index in [1.54, 1.807) is 48.5 Å². The zero-order chi connectivity index (χ0) is 33.2. The first kappa shape index (κ1) is 33.3. The van der Waals surface area contributed by atoms with Gasteiger partial charge in [0, 0.05) is 44.8 Å². The van der Waals surface area contributed by atoms with E-state index in [-0.39, 0.29) is 65.4 Å². The Bertz CT molecular complexity index is 2430. The quantitative estimate of drug-likeness (QED) is 0.139. The Kier molecular flexibility index (Phi) is 8.27. The summed E-state index contributed by atoms with van der Waals surface area (Å²) in [4.78, 5) is 38.5. The van der Waals surface area contributed by atoms with E-state index in [1.165, 1.54) is 0 Å². The van der Waals surface area contributed by atoms with Crippen molar-refractivity contribution in [3.63, 3.8) is 0 Å². The van der Waals surface area contributed by atoms with Crippen LogP contribution in [0.5, 0.6) is 0 Å².